The minimum atomic E-state index is -0.640. The molecule has 0 fully saturated rings. The van der Waals surface area contributed by atoms with Gasteiger partial charge in [-0.05, 0) is 36.8 Å². The molecule has 0 amide bonds. The highest BCUT2D eigenvalue weighted by Gasteiger charge is 2.25. The van der Waals surface area contributed by atoms with E-state index in [1.807, 2.05) is 66.7 Å². The third-order valence-electron chi connectivity index (χ3n) is 3.83. The normalized spacial score (nSPS) is 16.7. The van der Waals surface area contributed by atoms with Crippen LogP contribution in [0.2, 0.25) is 0 Å². The van der Waals surface area contributed by atoms with Crippen molar-refractivity contribution in [2.75, 3.05) is 0 Å². The second-order valence-corrected chi connectivity index (χ2v) is 6.11. The minimum absolute atomic E-state index is 0.00530. The number of fused-ring (bicyclic) bond motifs is 1. The predicted molar refractivity (Wildman–Crippen MR) is 92.5 cm³/mol. The molecule has 0 N–H and O–H groups in total. The molecule has 4 rings (SSSR count). The lowest BCUT2D eigenvalue weighted by molar-refractivity contribution is 0.327. The van der Waals surface area contributed by atoms with Gasteiger partial charge < -0.3 is 12.0 Å². The number of aromatic nitrogens is 1. The van der Waals surface area contributed by atoms with E-state index in [0.717, 1.165) is 29.0 Å². The summed E-state index contributed by atoms with van der Waals surface area (Å²) in [6.07, 6.45) is 6.87. The summed E-state index contributed by atoms with van der Waals surface area (Å²) in [5.74, 6) is 2.34. The molecular weight excluding hydrogens is 317 g/mol. The smallest absolute Gasteiger partial charge is 0.618 e. The number of allylic oxidation sites excluding steroid dienone is 4. The van der Waals surface area contributed by atoms with Crippen LogP contribution in [0.15, 0.2) is 83.0 Å². The highest BCUT2D eigenvalue weighted by Crippen LogP contribution is 2.33. The van der Waals surface area contributed by atoms with Crippen LogP contribution in [0.1, 0.15) is 18.2 Å². The molecule has 1 atom stereocenters. The molecule has 1 heterocycles. The Labute approximate surface area is 146 Å². The zero-order valence-corrected chi connectivity index (χ0v) is 14.1. The molecule has 0 spiro atoms. The average molecular weight is 332 g/mol. The maximum absolute atomic E-state index is 5.92. The second-order valence-electron chi connectivity index (χ2n) is 5.45. The monoisotopic (exact) mass is 332 g/mol. The van der Waals surface area contributed by atoms with E-state index in [-0.39, 0.29) is 5.92 Å². The Bertz CT molecular complexity index is 853. The van der Waals surface area contributed by atoms with Crippen LogP contribution >= 0.6 is 0 Å². The van der Waals surface area contributed by atoms with Gasteiger partial charge in [-0.3, -0.25) is 0 Å². The van der Waals surface area contributed by atoms with Crippen LogP contribution in [-0.2, 0) is 3.79 Å². The highest BCUT2D eigenvalue weighted by atomic mass is 27.2. The van der Waals surface area contributed by atoms with E-state index in [1.54, 1.807) is 0 Å². The Kier molecular flexibility index (Phi) is 4.37. The van der Waals surface area contributed by atoms with Gasteiger partial charge in [0.05, 0.1) is 17.4 Å². The summed E-state index contributed by atoms with van der Waals surface area (Å²) >= 11 is -0.640. The van der Waals surface area contributed by atoms with Crippen molar-refractivity contribution in [1.82, 2.24) is 4.98 Å². The molecule has 1 radical (unpaired) electrons. The first kappa shape index (κ1) is 15.1. The fraction of sp³-hybridized carbons (Fsp3) is 0.105. The van der Waals surface area contributed by atoms with E-state index in [1.165, 1.54) is 0 Å². The summed E-state index contributed by atoms with van der Waals surface area (Å²) in [6.45, 7) is 0. The van der Waals surface area contributed by atoms with Crippen LogP contribution in [-0.4, -0.2) is 20.9 Å². The van der Waals surface area contributed by atoms with Crippen LogP contribution in [0, 0.1) is 0 Å². The summed E-state index contributed by atoms with van der Waals surface area (Å²) in [5.41, 5.74) is 1.67. The Balaban J connectivity index is 1.48. The minimum Gasteiger partial charge on any atom is -0.618 e. The predicted octanol–water partition coefficient (Wildman–Crippen LogP) is 4.39. The van der Waals surface area contributed by atoms with Gasteiger partial charge in [-0.15, -0.1) is 0 Å². The lowest BCUT2D eigenvalue weighted by Gasteiger charge is -2.20. The van der Waals surface area contributed by atoms with Gasteiger partial charge in [0.15, 0.2) is 5.58 Å². The van der Waals surface area contributed by atoms with Crippen LogP contribution in [0.5, 0.6) is 5.75 Å². The Morgan fingerprint density at radius 3 is 2.71 bits per heavy atom. The van der Waals surface area contributed by atoms with Crippen molar-refractivity contribution in [3.8, 4) is 5.75 Å². The lowest BCUT2D eigenvalue weighted by atomic mass is 9.99. The number of para-hydroxylation sites is 3. The quantitative estimate of drug-likeness (QED) is 0.650. The molecule has 0 saturated heterocycles. The SMILES string of the molecule is C1=CCC(c2nc3ccccc3o2)C([O][Al][O]c2ccccc2)=C1. The molecule has 1 aliphatic carbocycles. The first-order valence-corrected chi connectivity index (χ1v) is 8.77. The van der Waals surface area contributed by atoms with Gasteiger partial charge in [0.25, 0.3) is 0 Å². The summed E-state index contributed by atoms with van der Waals surface area (Å²) in [6, 6.07) is 17.5. The summed E-state index contributed by atoms with van der Waals surface area (Å²) in [5, 5.41) is 0. The fourth-order valence-corrected chi connectivity index (χ4v) is 3.30. The Hall–Kier alpha value is -2.48. The zero-order valence-electron chi connectivity index (χ0n) is 13.0. The van der Waals surface area contributed by atoms with Gasteiger partial charge in [-0.1, -0.05) is 42.5 Å². The van der Waals surface area contributed by atoms with Gasteiger partial charge >= 0.3 is 15.9 Å². The van der Waals surface area contributed by atoms with Crippen molar-refractivity contribution in [3.63, 3.8) is 0 Å². The van der Waals surface area contributed by atoms with Gasteiger partial charge in [0.2, 0.25) is 5.89 Å². The van der Waals surface area contributed by atoms with Crippen molar-refractivity contribution >= 4 is 27.0 Å². The van der Waals surface area contributed by atoms with Crippen LogP contribution in [0.3, 0.4) is 0 Å². The van der Waals surface area contributed by atoms with Crippen molar-refractivity contribution in [1.29, 1.82) is 0 Å². The van der Waals surface area contributed by atoms with Crippen molar-refractivity contribution in [3.05, 3.63) is 84.5 Å². The van der Waals surface area contributed by atoms with Gasteiger partial charge in [0, 0.05) is 0 Å². The molecule has 5 heteroatoms. The Morgan fingerprint density at radius 2 is 1.83 bits per heavy atom. The lowest BCUT2D eigenvalue weighted by Crippen LogP contribution is -2.14. The standard InChI is InChI=1S/C13H11NO2.C6H6O.Al/c15-11-7-3-1-5-9(11)13-14-10-6-2-4-8-12(10)16-13;7-6-4-2-1-3-5-6;/h1-4,6-9,15H,5H2;1-5,7H;/q;;+2/p-2. The topological polar surface area (TPSA) is 44.5 Å². The molecule has 24 heavy (non-hydrogen) atoms. The summed E-state index contributed by atoms with van der Waals surface area (Å²) in [7, 11) is 0. The van der Waals surface area contributed by atoms with Gasteiger partial charge in [-0.2, -0.15) is 0 Å². The summed E-state index contributed by atoms with van der Waals surface area (Å²) in [4.78, 5) is 4.60. The number of hydrogen-bond donors (Lipinski definition) is 0. The number of benzene rings is 2. The molecule has 1 aromatic heterocycles. The Morgan fingerprint density at radius 1 is 1.00 bits per heavy atom. The molecule has 1 aliphatic rings. The molecule has 3 aromatic rings. The first-order chi connectivity index (χ1) is 11.9. The molecular formula is C19H15AlNO3. The molecule has 2 aromatic carbocycles. The van der Waals surface area contributed by atoms with Crippen molar-refractivity contribution in [2.45, 2.75) is 12.3 Å². The fourth-order valence-electron chi connectivity index (χ4n) is 2.63. The van der Waals surface area contributed by atoms with Crippen molar-refractivity contribution < 1.29 is 12.0 Å². The van der Waals surface area contributed by atoms with E-state index >= 15 is 0 Å². The average Bonchev–Trinajstić information content (AvgIpc) is 3.07. The van der Waals surface area contributed by atoms with E-state index in [0.29, 0.717) is 5.89 Å². The summed E-state index contributed by atoms with van der Waals surface area (Å²) < 4.78 is 17.5. The largest absolute Gasteiger partial charge is 0.881 e. The first-order valence-electron chi connectivity index (χ1n) is 7.82. The highest BCUT2D eigenvalue weighted by molar-refractivity contribution is 6.20. The van der Waals surface area contributed by atoms with Crippen LogP contribution in [0.4, 0.5) is 0 Å². The maximum Gasteiger partial charge on any atom is 0.881 e. The third kappa shape index (κ3) is 3.23. The number of nitrogens with zero attached hydrogens (tertiary/aromatic N) is 1. The van der Waals surface area contributed by atoms with E-state index in [4.69, 9.17) is 12.0 Å². The molecule has 1 unspecified atom stereocenters. The van der Waals surface area contributed by atoms with Crippen LogP contribution < -0.4 is 3.79 Å². The second kappa shape index (κ2) is 6.96. The number of hydrogen-bond acceptors (Lipinski definition) is 4. The van der Waals surface area contributed by atoms with E-state index in [2.05, 4.69) is 11.1 Å². The van der Waals surface area contributed by atoms with Gasteiger partial charge in [0.1, 0.15) is 5.52 Å². The van der Waals surface area contributed by atoms with Crippen molar-refractivity contribution in [2.24, 2.45) is 0 Å². The van der Waals surface area contributed by atoms with Crippen LogP contribution in [0.25, 0.3) is 11.1 Å². The molecule has 4 nitrogen and oxygen atoms in total. The van der Waals surface area contributed by atoms with Gasteiger partial charge in [-0.25, -0.2) is 4.98 Å². The van der Waals surface area contributed by atoms with E-state index < -0.39 is 15.9 Å². The number of oxazole rings is 1. The van der Waals surface area contributed by atoms with E-state index in [9.17, 15) is 0 Å². The molecule has 117 valence electrons. The molecule has 0 saturated carbocycles. The molecule has 0 aliphatic heterocycles. The zero-order chi connectivity index (χ0) is 16.2. The maximum atomic E-state index is 5.92. The molecule has 0 bridgehead atoms. The number of rotatable bonds is 5. The third-order valence-corrected chi connectivity index (χ3v) is 4.57.